The first-order valence-electron chi connectivity index (χ1n) is 10.7. The average molecular weight is 494 g/mol. The third kappa shape index (κ3) is 6.77. The van der Waals surface area contributed by atoms with Crippen molar-refractivity contribution in [1.29, 1.82) is 0 Å². The van der Waals surface area contributed by atoms with Gasteiger partial charge in [-0.3, -0.25) is 9.69 Å². The fourth-order valence-corrected chi connectivity index (χ4v) is 5.12. The lowest BCUT2D eigenvalue weighted by Gasteiger charge is -2.35. The summed E-state index contributed by atoms with van der Waals surface area (Å²) in [6.07, 6.45) is 1.22. The molecule has 1 amide bonds. The summed E-state index contributed by atoms with van der Waals surface area (Å²) in [5, 5.41) is 3.39. The minimum atomic E-state index is -3.62. The van der Waals surface area contributed by atoms with Crippen molar-refractivity contribution in [3.8, 4) is 0 Å². The van der Waals surface area contributed by atoms with Crippen LogP contribution < -0.4 is 10.0 Å². The van der Waals surface area contributed by atoms with Gasteiger partial charge < -0.3 is 10.1 Å². The van der Waals surface area contributed by atoms with Gasteiger partial charge in [0.25, 0.3) is 0 Å². The standard InChI is InChI=1S/C23H28ClN3O5S/c1-16(22(28)25-15-17-3-5-18(6-4-17)23(29)32-2)27-13-11-20(12-14-27)26-33(30,31)21-9-7-19(24)8-10-21/h3-10,16,20,26H,11-15H2,1-2H3,(H,25,28). The Kier molecular flexibility index (Phi) is 8.47. The molecule has 1 unspecified atom stereocenters. The highest BCUT2D eigenvalue weighted by molar-refractivity contribution is 7.89. The average Bonchev–Trinajstić information content (AvgIpc) is 2.82. The molecule has 0 saturated carbocycles. The molecule has 1 aliphatic heterocycles. The Morgan fingerprint density at radius 1 is 1.09 bits per heavy atom. The Morgan fingerprint density at radius 2 is 1.70 bits per heavy atom. The molecule has 2 aromatic carbocycles. The number of rotatable bonds is 8. The second-order valence-corrected chi connectivity index (χ2v) is 10.1. The van der Waals surface area contributed by atoms with E-state index in [1.807, 2.05) is 11.8 Å². The number of halogens is 1. The molecule has 8 nitrogen and oxygen atoms in total. The lowest BCUT2D eigenvalue weighted by molar-refractivity contribution is -0.126. The zero-order valence-corrected chi connectivity index (χ0v) is 20.2. The molecule has 0 aliphatic carbocycles. The molecule has 1 fully saturated rings. The van der Waals surface area contributed by atoms with Gasteiger partial charge in [0.2, 0.25) is 15.9 Å². The molecule has 0 radical (unpaired) electrons. The number of ether oxygens (including phenoxy) is 1. The molecule has 1 heterocycles. The highest BCUT2D eigenvalue weighted by atomic mass is 35.5. The van der Waals surface area contributed by atoms with Crippen LogP contribution >= 0.6 is 11.6 Å². The van der Waals surface area contributed by atoms with Crippen molar-refractivity contribution in [3.63, 3.8) is 0 Å². The number of sulfonamides is 1. The highest BCUT2D eigenvalue weighted by Gasteiger charge is 2.29. The van der Waals surface area contributed by atoms with Crippen molar-refractivity contribution in [1.82, 2.24) is 14.9 Å². The van der Waals surface area contributed by atoms with Crippen LogP contribution in [0, 0.1) is 0 Å². The first-order chi connectivity index (χ1) is 15.7. The van der Waals surface area contributed by atoms with Crippen LogP contribution in [0.4, 0.5) is 0 Å². The van der Waals surface area contributed by atoms with Gasteiger partial charge in [0.1, 0.15) is 0 Å². The molecule has 1 aliphatic rings. The number of nitrogens with zero attached hydrogens (tertiary/aromatic N) is 1. The Balaban J connectivity index is 1.46. The van der Waals surface area contributed by atoms with E-state index in [1.54, 1.807) is 36.4 Å². The van der Waals surface area contributed by atoms with Crippen molar-refractivity contribution >= 4 is 33.5 Å². The fourth-order valence-electron chi connectivity index (χ4n) is 3.69. The van der Waals surface area contributed by atoms with E-state index < -0.39 is 16.0 Å². The Morgan fingerprint density at radius 3 is 2.27 bits per heavy atom. The van der Waals surface area contributed by atoms with Crippen molar-refractivity contribution in [2.45, 2.75) is 43.3 Å². The highest BCUT2D eigenvalue weighted by Crippen LogP contribution is 2.18. The van der Waals surface area contributed by atoms with Crippen molar-refractivity contribution in [3.05, 3.63) is 64.7 Å². The summed E-state index contributed by atoms with van der Waals surface area (Å²) in [4.78, 5) is 26.3. The van der Waals surface area contributed by atoms with Crippen LogP contribution in [-0.4, -0.2) is 57.5 Å². The maximum Gasteiger partial charge on any atom is 0.337 e. The van der Waals surface area contributed by atoms with Crippen LogP contribution in [0.2, 0.25) is 5.02 Å². The largest absolute Gasteiger partial charge is 0.465 e. The number of carbonyl (C=O) groups excluding carboxylic acids is 2. The zero-order chi connectivity index (χ0) is 24.0. The molecule has 0 spiro atoms. The number of benzene rings is 2. The number of hydrogen-bond donors (Lipinski definition) is 2. The maximum atomic E-state index is 12.6. The van der Waals surface area contributed by atoms with Crippen molar-refractivity contribution in [2.75, 3.05) is 20.2 Å². The Hall–Kier alpha value is -2.46. The molecule has 2 N–H and O–H groups in total. The van der Waals surface area contributed by atoms with E-state index in [1.165, 1.54) is 19.2 Å². The van der Waals surface area contributed by atoms with Gasteiger partial charge in [-0.15, -0.1) is 0 Å². The molecule has 2 aromatic rings. The number of methoxy groups -OCH3 is 1. The van der Waals surface area contributed by atoms with Gasteiger partial charge in [0.15, 0.2) is 0 Å². The van der Waals surface area contributed by atoms with E-state index >= 15 is 0 Å². The minimum Gasteiger partial charge on any atom is -0.465 e. The molecule has 3 rings (SSSR count). The van der Waals surface area contributed by atoms with Gasteiger partial charge >= 0.3 is 5.97 Å². The van der Waals surface area contributed by atoms with Crippen LogP contribution in [0.15, 0.2) is 53.4 Å². The van der Waals surface area contributed by atoms with E-state index in [0.717, 1.165) is 5.56 Å². The van der Waals surface area contributed by atoms with E-state index in [-0.39, 0.29) is 22.9 Å². The zero-order valence-electron chi connectivity index (χ0n) is 18.6. The van der Waals surface area contributed by atoms with E-state index in [4.69, 9.17) is 11.6 Å². The molecule has 10 heteroatoms. The molecule has 33 heavy (non-hydrogen) atoms. The number of esters is 1. The predicted octanol–water partition coefficient (Wildman–Crippen LogP) is 2.57. The quantitative estimate of drug-likeness (QED) is 0.548. The molecular weight excluding hydrogens is 466 g/mol. The normalized spacial score (nSPS) is 16.2. The van der Waals surface area contributed by atoms with Gasteiger partial charge in [-0.25, -0.2) is 17.9 Å². The lowest BCUT2D eigenvalue weighted by Crippen LogP contribution is -2.51. The van der Waals surface area contributed by atoms with Crippen molar-refractivity contribution < 1.29 is 22.7 Å². The van der Waals surface area contributed by atoms with Crippen LogP contribution in [0.1, 0.15) is 35.7 Å². The van der Waals surface area contributed by atoms with Gasteiger partial charge in [-0.1, -0.05) is 23.7 Å². The molecule has 1 saturated heterocycles. The molecular formula is C23H28ClN3O5S. The molecule has 178 valence electrons. The molecule has 1 atom stereocenters. The van der Waals surface area contributed by atoms with Gasteiger partial charge in [-0.05, 0) is 61.7 Å². The Labute approximate surface area is 199 Å². The SMILES string of the molecule is COC(=O)c1ccc(CNC(=O)C(C)N2CCC(NS(=O)(=O)c3ccc(Cl)cc3)CC2)cc1. The summed E-state index contributed by atoms with van der Waals surface area (Å²) < 4.78 is 32.6. The number of carbonyl (C=O) groups is 2. The van der Waals surface area contributed by atoms with Crippen LogP contribution in [0.25, 0.3) is 0 Å². The second kappa shape index (κ2) is 11.1. The fraction of sp³-hybridized carbons (Fsp3) is 0.391. The van der Waals surface area contributed by atoms with E-state index in [9.17, 15) is 18.0 Å². The van der Waals surface area contributed by atoms with Crippen LogP contribution in [0.3, 0.4) is 0 Å². The minimum absolute atomic E-state index is 0.104. The summed E-state index contributed by atoms with van der Waals surface area (Å²) >= 11 is 5.83. The van der Waals surface area contributed by atoms with Crippen LogP contribution in [-0.2, 0) is 26.1 Å². The summed E-state index contributed by atoms with van der Waals surface area (Å²) in [6, 6.07) is 12.4. The van der Waals surface area contributed by atoms with E-state index in [2.05, 4.69) is 14.8 Å². The van der Waals surface area contributed by atoms with Gasteiger partial charge in [0, 0.05) is 30.7 Å². The summed E-state index contributed by atoms with van der Waals surface area (Å²) in [6.45, 7) is 3.41. The second-order valence-electron chi connectivity index (χ2n) is 7.97. The van der Waals surface area contributed by atoms with Crippen LogP contribution in [0.5, 0.6) is 0 Å². The summed E-state index contributed by atoms with van der Waals surface area (Å²) in [5.41, 5.74) is 1.33. The van der Waals surface area contributed by atoms with Gasteiger partial charge in [0.05, 0.1) is 23.6 Å². The smallest absolute Gasteiger partial charge is 0.337 e. The summed E-state index contributed by atoms with van der Waals surface area (Å²) in [5.74, 6) is -0.509. The maximum absolute atomic E-state index is 12.6. The number of piperidine rings is 1. The molecule has 0 aromatic heterocycles. The first kappa shape index (κ1) is 25.2. The number of nitrogens with one attached hydrogen (secondary N) is 2. The topological polar surface area (TPSA) is 105 Å². The van der Waals surface area contributed by atoms with Crippen molar-refractivity contribution in [2.24, 2.45) is 0 Å². The Bertz CT molecular complexity index is 1070. The predicted molar refractivity (Wildman–Crippen MR) is 125 cm³/mol. The third-order valence-electron chi connectivity index (χ3n) is 5.74. The number of amides is 1. The first-order valence-corrected chi connectivity index (χ1v) is 12.5. The van der Waals surface area contributed by atoms with E-state index in [0.29, 0.717) is 43.1 Å². The van der Waals surface area contributed by atoms with Gasteiger partial charge in [-0.2, -0.15) is 0 Å². The number of likely N-dealkylation sites (tertiary alicyclic amines) is 1. The monoisotopic (exact) mass is 493 g/mol. The lowest BCUT2D eigenvalue weighted by atomic mass is 10.0. The summed E-state index contributed by atoms with van der Waals surface area (Å²) in [7, 11) is -2.29. The molecule has 0 bridgehead atoms. The number of hydrogen-bond acceptors (Lipinski definition) is 6. The third-order valence-corrected chi connectivity index (χ3v) is 7.53.